The van der Waals surface area contributed by atoms with E-state index in [-0.39, 0.29) is 11.7 Å². The van der Waals surface area contributed by atoms with Crippen LogP contribution in [0, 0.1) is 0 Å². The van der Waals surface area contributed by atoms with Gasteiger partial charge in [0.25, 0.3) is 0 Å². The van der Waals surface area contributed by atoms with Gasteiger partial charge in [0, 0.05) is 24.7 Å². The Morgan fingerprint density at radius 1 is 1.39 bits per heavy atom. The number of Topliss-reactive ketones (excluding diaryl/α,β-unsaturated/α-hetero) is 1. The number of amides is 1. The van der Waals surface area contributed by atoms with E-state index in [1.165, 1.54) is 0 Å². The molecule has 0 aromatic heterocycles. The Balaban J connectivity index is 2.48. The van der Waals surface area contributed by atoms with Crippen LogP contribution in [-0.2, 0) is 10.2 Å². The van der Waals surface area contributed by atoms with Crippen molar-refractivity contribution in [1.29, 1.82) is 0 Å². The minimum atomic E-state index is -0.566. The molecule has 0 saturated carbocycles. The van der Waals surface area contributed by atoms with Crippen LogP contribution in [0.2, 0.25) is 0 Å². The molecule has 1 heterocycles. The maximum absolute atomic E-state index is 12.1. The highest BCUT2D eigenvalue weighted by molar-refractivity contribution is 6.08. The van der Waals surface area contributed by atoms with Gasteiger partial charge < -0.3 is 10.6 Å². The van der Waals surface area contributed by atoms with E-state index < -0.39 is 5.41 Å². The fourth-order valence-corrected chi connectivity index (χ4v) is 2.42. The van der Waals surface area contributed by atoms with Crippen LogP contribution < -0.4 is 10.6 Å². The number of carbonyl (C=O) groups excluding carboxylic acids is 2. The molecule has 0 fully saturated rings. The summed E-state index contributed by atoms with van der Waals surface area (Å²) in [5.74, 6) is 0.0824. The number of fused-ring (bicyclic) bond motifs is 1. The molecule has 2 rings (SSSR count). The largest absolute Gasteiger partial charge is 0.330 e. The zero-order valence-corrected chi connectivity index (χ0v) is 11.0. The highest BCUT2D eigenvalue weighted by Gasteiger charge is 2.42. The molecule has 1 aliphatic heterocycles. The minimum Gasteiger partial charge on any atom is -0.330 e. The molecule has 4 nitrogen and oxygen atoms in total. The van der Waals surface area contributed by atoms with Crippen molar-refractivity contribution in [3.63, 3.8) is 0 Å². The summed E-state index contributed by atoms with van der Waals surface area (Å²) in [7, 11) is 1.76. The van der Waals surface area contributed by atoms with Crippen LogP contribution in [0.3, 0.4) is 0 Å². The Bertz CT molecular complexity index is 521. The second kappa shape index (κ2) is 4.21. The molecular formula is C14H18N2O2. The zero-order valence-electron chi connectivity index (χ0n) is 11.0. The van der Waals surface area contributed by atoms with Crippen LogP contribution in [0.1, 0.15) is 36.2 Å². The van der Waals surface area contributed by atoms with Gasteiger partial charge in [0.05, 0.1) is 5.41 Å². The maximum Gasteiger partial charge on any atom is 0.236 e. The number of anilines is 1. The van der Waals surface area contributed by atoms with Crippen molar-refractivity contribution >= 4 is 17.4 Å². The minimum absolute atomic E-state index is 0.0260. The Kier molecular flexibility index (Phi) is 2.99. The molecule has 1 aliphatic rings. The standard InChI is InChI=1S/C14H18N2O2/c1-14(2)10-8-9(12(17)6-7-15)4-5-11(10)16(3)13(14)18/h4-5,8H,6-7,15H2,1-3H3. The van der Waals surface area contributed by atoms with E-state index >= 15 is 0 Å². The normalized spacial score (nSPS) is 16.9. The van der Waals surface area contributed by atoms with E-state index in [4.69, 9.17) is 5.73 Å². The molecule has 1 aromatic carbocycles. The Hall–Kier alpha value is -1.68. The lowest BCUT2D eigenvalue weighted by atomic mass is 9.85. The summed E-state index contributed by atoms with van der Waals surface area (Å²) in [5.41, 5.74) is 7.26. The third-order valence-corrected chi connectivity index (χ3v) is 3.56. The van der Waals surface area contributed by atoms with Crippen molar-refractivity contribution < 1.29 is 9.59 Å². The van der Waals surface area contributed by atoms with Crippen molar-refractivity contribution in [3.05, 3.63) is 29.3 Å². The SMILES string of the molecule is CN1C(=O)C(C)(C)c2cc(C(=O)CCN)ccc21. The average molecular weight is 246 g/mol. The number of nitrogens with zero attached hydrogens (tertiary/aromatic N) is 1. The molecule has 1 aromatic rings. The Labute approximate surface area is 107 Å². The third kappa shape index (κ3) is 1.73. The van der Waals surface area contributed by atoms with Gasteiger partial charge in [-0.1, -0.05) is 0 Å². The quantitative estimate of drug-likeness (QED) is 0.821. The van der Waals surface area contributed by atoms with Gasteiger partial charge in [-0.15, -0.1) is 0 Å². The van der Waals surface area contributed by atoms with Crippen LogP contribution in [0.5, 0.6) is 0 Å². The lowest BCUT2D eigenvalue weighted by molar-refractivity contribution is -0.121. The molecule has 2 N–H and O–H groups in total. The van der Waals surface area contributed by atoms with Gasteiger partial charge in [-0.05, 0) is 44.2 Å². The molecule has 18 heavy (non-hydrogen) atoms. The number of benzene rings is 1. The average Bonchev–Trinajstić information content (AvgIpc) is 2.51. The number of likely N-dealkylation sites (N-methyl/N-ethyl adjacent to an activating group) is 1. The summed E-state index contributed by atoms with van der Waals surface area (Å²) in [6, 6.07) is 5.43. The maximum atomic E-state index is 12.1. The molecule has 96 valence electrons. The molecule has 0 spiro atoms. The van der Waals surface area contributed by atoms with E-state index in [2.05, 4.69) is 0 Å². The second-order valence-corrected chi connectivity index (χ2v) is 5.18. The molecule has 0 radical (unpaired) electrons. The van der Waals surface area contributed by atoms with Gasteiger partial charge in [0.15, 0.2) is 5.78 Å². The summed E-state index contributed by atoms with van der Waals surface area (Å²) >= 11 is 0. The Morgan fingerprint density at radius 2 is 2.06 bits per heavy atom. The first-order valence-electron chi connectivity index (χ1n) is 6.05. The first-order valence-corrected chi connectivity index (χ1v) is 6.05. The topological polar surface area (TPSA) is 63.4 Å². The summed E-state index contributed by atoms with van der Waals surface area (Å²) < 4.78 is 0. The predicted molar refractivity (Wildman–Crippen MR) is 70.9 cm³/mol. The van der Waals surface area contributed by atoms with Crippen molar-refractivity contribution in [3.8, 4) is 0 Å². The number of nitrogens with two attached hydrogens (primary N) is 1. The fourth-order valence-electron chi connectivity index (χ4n) is 2.42. The van der Waals surface area contributed by atoms with E-state index in [0.717, 1.165) is 11.3 Å². The first kappa shape index (κ1) is 12.8. The van der Waals surface area contributed by atoms with Crippen LogP contribution in [0.25, 0.3) is 0 Å². The summed E-state index contributed by atoms with van der Waals surface area (Å²) in [6.45, 7) is 4.11. The monoisotopic (exact) mass is 246 g/mol. The van der Waals surface area contributed by atoms with E-state index in [0.29, 0.717) is 18.5 Å². The van der Waals surface area contributed by atoms with Crippen LogP contribution in [0.15, 0.2) is 18.2 Å². The summed E-state index contributed by atoms with van der Waals surface area (Å²) in [5, 5.41) is 0. The number of hydrogen-bond acceptors (Lipinski definition) is 3. The van der Waals surface area contributed by atoms with Crippen LogP contribution in [0.4, 0.5) is 5.69 Å². The van der Waals surface area contributed by atoms with Gasteiger partial charge >= 0.3 is 0 Å². The lowest BCUT2D eigenvalue weighted by Crippen LogP contribution is -2.33. The number of hydrogen-bond donors (Lipinski definition) is 1. The van der Waals surface area contributed by atoms with Gasteiger partial charge in [-0.25, -0.2) is 0 Å². The number of rotatable bonds is 3. The number of carbonyl (C=O) groups is 2. The smallest absolute Gasteiger partial charge is 0.236 e. The van der Waals surface area contributed by atoms with Crippen LogP contribution >= 0.6 is 0 Å². The first-order chi connectivity index (χ1) is 8.39. The summed E-state index contributed by atoms with van der Waals surface area (Å²) in [6.07, 6.45) is 0.336. The van der Waals surface area contributed by atoms with Crippen molar-refractivity contribution in [1.82, 2.24) is 0 Å². The summed E-state index contributed by atoms with van der Waals surface area (Å²) in [4.78, 5) is 25.6. The molecular weight excluding hydrogens is 228 g/mol. The molecule has 0 bridgehead atoms. The lowest BCUT2D eigenvalue weighted by Gasteiger charge is -2.16. The van der Waals surface area contributed by atoms with Gasteiger partial charge in [-0.3, -0.25) is 9.59 Å². The molecule has 0 unspecified atom stereocenters. The van der Waals surface area contributed by atoms with Gasteiger partial charge in [0.1, 0.15) is 0 Å². The predicted octanol–water partition coefficient (Wildman–Crippen LogP) is 1.47. The molecule has 1 amide bonds. The van der Waals surface area contributed by atoms with Crippen molar-refractivity contribution in [2.45, 2.75) is 25.7 Å². The van der Waals surface area contributed by atoms with Gasteiger partial charge in [-0.2, -0.15) is 0 Å². The van der Waals surface area contributed by atoms with Crippen molar-refractivity contribution in [2.24, 2.45) is 5.73 Å². The highest BCUT2D eigenvalue weighted by Crippen LogP contribution is 2.41. The second-order valence-electron chi connectivity index (χ2n) is 5.18. The molecule has 0 saturated heterocycles. The highest BCUT2D eigenvalue weighted by atomic mass is 16.2. The Morgan fingerprint density at radius 3 is 2.67 bits per heavy atom. The number of ketones is 1. The van der Waals surface area contributed by atoms with E-state index in [1.54, 1.807) is 18.0 Å². The third-order valence-electron chi connectivity index (χ3n) is 3.56. The zero-order chi connectivity index (χ0) is 13.5. The fraction of sp³-hybridized carbons (Fsp3) is 0.429. The van der Waals surface area contributed by atoms with Gasteiger partial charge in [0.2, 0.25) is 5.91 Å². The molecule has 0 atom stereocenters. The van der Waals surface area contributed by atoms with Crippen LogP contribution in [-0.4, -0.2) is 25.3 Å². The molecule has 4 heteroatoms. The molecule has 0 aliphatic carbocycles. The van der Waals surface area contributed by atoms with E-state index in [9.17, 15) is 9.59 Å². The van der Waals surface area contributed by atoms with Crippen molar-refractivity contribution in [2.75, 3.05) is 18.5 Å². The van der Waals surface area contributed by atoms with E-state index in [1.807, 2.05) is 26.0 Å².